The summed E-state index contributed by atoms with van der Waals surface area (Å²) in [6, 6.07) is 7.53. The lowest BCUT2D eigenvalue weighted by atomic mass is 10.1. The minimum absolute atomic E-state index is 0.00940. The van der Waals surface area contributed by atoms with E-state index in [1.54, 1.807) is 6.26 Å². The lowest BCUT2D eigenvalue weighted by Crippen LogP contribution is -2.12. The van der Waals surface area contributed by atoms with Crippen molar-refractivity contribution in [2.75, 3.05) is 0 Å². The molecule has 4 nitrogen and oxygen atoms in total. The van der Waals surface area contributed by atoms with Crippen LogP contribution in [0, 0.1) is 0 Å². The van der Waals surface area contributed by atoms with Crippen LogP contribution in [0.4, 0.5) is 0 Å². The smallest absolute Gasteiger partial charge is 0.303 e. The van der Waals surface area contributed by atoms with Gasteiger partial charge in [-0.3, -0.25) is 4.79 Å². The standard InChI is InChI=1S/C14H16O4/c1-10(4-2-7-14(15)16)18-13-6-3-5-12-11(13)8-9-17-12/h3,5-6,8-10H,2,4,7H2,1H3,(H,15,16). The van der Waals surface area contributed by atoms with Crippen molar-refractivity contribution < 1.29 is 19.1 Å². The summed E-state index contributed by atoms with van der Waals surface area (Å²) >= 11 is 0. The minimum Gasteiger partial charge on any atom is -0.490 e. The fourth-order valence-corrected chi connectivity index (χ4v) is 1.89. The van der Waals surface area contributed by atoms with Gasteiger partial charge in [-0.2, -0.15) is 0 Å². The summed E-state index contributed by atoms with van der Waals surface area (Å²) in [6.07, 6.45) is 3.15. The maximum atomic E-state index is 10.4. The van der Waals surface area contributed by atoms with Crippen molar-refractivity contribution in [2.45, 2.75) is 32.3 Å². The van der Waals surface area contributed by atoms with Crippen LogP contribution in [0.2, 0.25) is 0 Å². The maximum absolute atomic E-state index is 10.4. The van der Waals surface area contributed by atoms with Crippen molar-refractivity contribution in [1.29, 1.82) is 0 Å². The molecule has 0 radical (unpaired) electrons. The summed E-state index contributed by atoms with van der Waals surface area (Å²) in [5.74, 6) is 0.0169. The van der Waals surface area contributed by atoms with Crippen LogP contribution in [0.25, 0.3) is 11.0 Å². The third kappa shape index (κ3) is 3.03. The first kappa shape index (κ1) is 12.5. The van der Waals surface area contributed by atoms with Crippen LogP contribution in [-0.2, 0) is 4.79 Å². The number of carbonyl (C=O) groups is 1. The van der Waals surface area contributed by atoms with Gasteiger partial charge in [0.15, 0.2) is 0 Å². The Bertz CT molecular complexity index is 529. The molecule has 1 aromatic carbocycles. The van der Waals surface area contributed by atoms with Crippen molar-refractivity contribution in [1.82, 2.24) is 0 Å². The molecular formula is C14H16O4. The second kappa shape index (κ2) is 5.58. The van der Waals surface area contributed by atoms with Crippen LogP contribution in [0.15, 0.2) is 34.9 Å². The van der Waals surface area contributed by atoms with Gasteiger partial charge in [-0.1, -0.05) is 6.07 Å². The van der Waals surface area contributed by atoms with Gasteiger partial charge in [0.05, 0.1) is 17.8 Å². The first-order chi connectivity index (χ1) is 8.66. The van der Waals surface area contributed by atoms with Gasteiger partial charge in [-0.15, -0.1) is 0 Å². The molecule has 1 aromatic heterocycles. The Labute approximate surface area is 105 Å². The van der Waals surface area contributed by atoms with Gasteiger partial charge in [0.2, 0.25) is 0 Å². The summed E-state index contributed by atoms with van der Waals surface area (Å²) in [6.45, 7) is 1.95. The van der Waals surface area contributed by atoms with E-state index in [0.29, 0.717) is 6.42 Å². The molecule has 0 aliphatic carbocycles. The van der Waals surface area contributed by atoms with Crippen LogP contribution in [-0.4, -0.2) is 17.2 Å². The van der Waals surface area contributed by atoms with Gasteiger partial charge < -0.3 is 14.3 Å². The van der Waals surface area contributed by atoms with E-state index in [4.69, 9.17) is 14.3 Å². The lowest BCUT2D eigenvalue weighted by Gasteiger charge is -2.14. The SMILES string of the molecule is CC(CCCC(=O)O)Oc1cccc2occc12. The van der Waals surface area contributed by atoms with Crippen LogP contribution < -0.4 is 4.74 Å². The highest BCUT2D eigenvalue weighted by Crippen LogP contribution is 2.27. The Morgan fingerprint density at radius 1 is 1.44 bits per heavy atom. The molecule has 1 heterocycles. The highest BCUT2D eigenvalue weighted by Gasteiger charge is 2.09. The quantitative estimate of drug-likeness (QED) is 0.850. The van der Waals surface area contributed by atoms with Crippen LogP contribution >= 0.6 is 0 Å². The van der Waals surface area contributed by atoms with Crippen LogP contribution in [0.1, 0.15) is 26.2 Å². The number of benzene rings is 1. The molecule has 1 N–H and O–H groups in total. The number of fused-ring (bicyclic) bond motifs is 1. The molecule has 2 rings (SSSR count). The van der Waals surface area contributed by atoms with Gasteiger partial charge in [-0.25, -0.2) is 0 Å². The number of furan rings is 1. The first-order valence-corrected chi connectivity index (χ1v) is 6.01. The van der Waals surface area contributed by atoms with Crippen LogP contribution in [0.5, 0.6) is 5.75 Å². The average Bonchev–Trinajstić information content (AvgIpc) is 2.77. The third-order valence-electron chi connectivity index (χ3n) is 2.79. The molecule has 2 aromatic rings. The van der Waals surface area contributed by atoms with Crippen molar-refractivity contribution in [3.05, 3.63) is 30.5 Å². The molecule has 4 heteroatoms. The Balaban J connectivity index is 1.96. The predicted octanol–water partition coefficient (Wildman–Crippen LogP) is 3.46. The highest BCUT2D eigenvalue weighted by atomic mass is 16.5. The van der Waals surface area contributed by atoms with Crippen molar-refractivity contribution in [3.63, 3.8) is 0 Å². The topological polar surface area (TPSA) is 59.7 Å². The number of rotatable bonds is 6. The lowest BCUT2D eigenvalue weighted by molar-refractivity contribution is -0.137. The molecule has 0 bridgehead atoms. The number of ether oxygens (including phenoxy) is 1. The number of hydrogen-bond donors (Lipinski definition) is 1. The fourth-order valence-electron chi connectivity index (χ4n) is 1.89. The third-order valence-corrected chi connectivity index (χ3v) is 2.79. The zero-order valence-electron chi connectivity index (χ0n) is 10.3. The molecule has 0 aliphatic heterocycles. The molecule has 0 saturated carbocycles. The van der Waals surface area contributed by atoms with Gasteiger partial charge in [0, 0.05) is 6.42 Å². The van der Waals surface area contributed by atoms with E-state index in [-0.39, 0.29) is 12.5 Å². The number of carboxylic acids is 1. The van der Waals surface area contributed by atoms with E-state index in [0.717, 1.165) is 23.1 Å². The molecule has 96 valence electrons. The highest BCUT2D eigenvalue weighted by molar-refractivity contribution is 5.83. The zero-order chi connectivity index (χ0) is 13.0. The molecule has 0 saturated heterocycles. The Hall–Kier alpha value is -1.97. The van der Waals surface area contributed by atoms with E-state index >= 15 is 0 Å². The molecule has 1 atom stereocenters. The molecule has 0 aliphatic rings. The summed E-state index contributed by atoms with van der Waals surface area (Å²) in [7, 11) is 0. The van der Waals surface area contributed by atoms with Gasteiger partial charge >= 0.3 is 5.97 Å². The summed E-state index contributed by atoms with van der Waals surface area (Å²) < 4.78 is 11.1. The second-order valence-electron chi connectivity index (χ2n) is 4.30. The number of carboxylic acid groups (broad SMARTS) is 1. The summed E-state index contributed by atoms with van der Waals surface area (Å²) in [5.41, 5.74) is 0.797. The maximum Gasteiger partial charge on any atom is 0.303 e. The molecule has 0 spiro atoms. The monoisotopic (exact) mass is 248 g/mol. The second-order valence-corrected chi connectivity index (χ2v) is 4.30. The normalized spacial score (nSPS) is 12.5. The molecule has 0 amide bonds. The van der Waals surface area contributed by atoms with Gasteiger partial charge in [0.25, 0.3) is 0 Å². The van der Waals surface area contributed by atoms with E-state index in [1.807, 2.05) is 31.2 Å². The van der Waals surface area contributed by atoms with E-state index in [2.05, 4.69) is 0 Å². The van der Waals surface area contributed by atoms with Crippen molar-refractivity contribution in [3.8, 4) is 5.75 Å². The molecular weight excluding hydrogens is 232 g/mol. The number of hydrogen-bond acceptors (Lipinski definition) is 3. The fraction of sp³-hybridized carbons (Fsp3) is 0.357. The Morgan fingerprint density at radius 2 is 2.28 bits per heavy atom. The molecule has 1 unspecified atom stereocenters. The Morgan fingerprint density at radius 3 is 3.06 bits per heavy atom. The average molecular weight is 248 g/mol. The zero-order valence-corrected chi connectivity index (χ0v) is 10.3. The van der Waals surface area contributed by atoms with Gasteiger partial charge in [-0.05, 0) is 38.0 Å². The van der Waals surface area contributed by atoms with E-state index in [9.17, 15) is 4.79 Å². The summed E-state index contributed by atoms with van der Waals surface area (Å²) in [4.78, 5) is 10.4. The number of aliphatic carboxylic acids is 1. The molecule has 18 heavy (non-hydrogen) atoms. The van der Waals surface area contributed by atoms with Crippen LogP contribution in [0.3, 0.4) is 0 Å². The first-order valence-electron chi connectivity index (χ1n) is 6.01. The Kier molecular flexibility index (Phi) is 3.87. The molecule has 0 fully saturated rings. The predicted molar refractivity (Wildman–Crippen MR) is 67.8 cm³/mol. The van der Waals surface area contributed by atoms with E-state index < -0.39 is 5.97 Å². The van der Waals surface area contributed by atoms with Crippen molar-refractivity contribution in [2.24, 2.45) is 0 Å². The summed E-state index contributed by atoms with van der Waals surface area (Å²) in [5, 5.41) is 9.52. The van der Waals surface area contributed by atoms with Crippen molar-refractivity contribution >= 4 is 16.9 Å². The van der Waals surface area contributed by atoms with Gasteiger partial charge in [0.1, 0.15) is 11.3 Å². The minimum atomic E-state index is -0.765. The largest absolute Gasteiger partial charge is 0.490 e. The van der Waals surface area contributed by atoms with E-state index in [1.165, 1.54) is 0 Å².